The van der Waals surface area contributed by atoms with Crippen LogP contribution in [0.15, 0.2) is 32.2 Å². The highest BCUT2D eigenvalue weighted by atomic mass is 16.4. The SMILES string of the molecule is NC(=O)c1cccc2c(=O)oc(=O)[nH]c12. The average molecular weight is 206 g/mol. The smallest absolute Gasteiger partial charge is 0.372 e. The first kappa shape index (κ1) is 9.20. The molecule has 76 valence electrons. The van der Waals surface area contributed by atoms with E-state index in [1.54, 1.807) is 0 Å². The van der Waals surface area contributed by atoms with E-state index in [1.807, 2.05) is 0 Å². The summed E-state index contributed by atoms with van der Waals surface area (Å²) in [6.07, 6.45) is 0. The van der Waals surface area contributed by atoms with E-state index in [4.69, 9.17) is 5.73 Å². The summed E-state index contributed by atoms with van der Waals surface area (Å²) >= 11 is 0. The van der Waals surface area contributed by atoms with Crippen LogP contribution in [-0.4, -0.2) is 10.9 Å². The van der Waals surface area contributed by atoms with E-state index in [-0.39, 0.29) is 16.5 Å². The Kier molecular flexibility index (Phi) is 1.89. The van der Waals surface area contributed by atoms with E-state index in [9.17, 15) is 14.4 Å². The molecule has 0 radical (unpaired) electrons. The molecule has 0 saturated carbocycles. The Bertz CT molecular complexity index is 653. The van der Waals surface area contributed by atoms with Gasteiger partial charge in [0.2, 0.25) is 0 Å². The zero-order chi connectivity index (χ0) is 11.0. The second-order valence-corrected chi connectivity index (χ2v) is 2.89. The van der Waals surface area contributed by atoms with Gasteiger partial charge in [-0.1, -0.05) is 6.07 Å². The molecule has 0 aliphatic carbocycles. The quantitative estimate of drug-likeness (QED) is 0.660. The van der Waals surface area contributed by atoms with Gasteiger partial charge in [0.1, 0.15) is 0 Å². The molecule has 1 aromatic heterocycles. The number of H-pyrrole nitrogens is 1. The van der Waals surface area contributed by atoms with Crippen molar-refractivity contribution < 1.29 is 9.21 Å². The number of hydrogen-bond acceptors (Lipinski definition) is 4. The fourth-order valence-corrected chi connectivity index (χ4v) is 1.33. The highest BCUT2D eigenvalue weighted by Crippen LogP contribution is 2.10. The van der Waals surface area contributed by atoms with E-state index in [0.29, 0.717) is 0 Å². The van der Waals surface area contributed by atoms with E-state index < -0.39 is 17.3 Å². The van der Waals surface area contributed by atoms with E-state index in [0.717, 1.165) is 0 Å². The number of aromatic nitrogens is 1. The molecule has 0 bridgehead atoms. The van der Waals surface area contributed by atoms with Crippen LogP contribution in [0.1, 0.15) is 10.4 Å². The van der Waals surface area contributed by atoms with E-state index in [2.05, 4.69) is 9.40 Å². The lowest BCUT2D eigenvalue weighted by atomic mass is 10.1. The van der Waals surface area contributed by atoms with Crippen molar-refractivity contribution in [2.45, 2.75) is 0 Å². The Labute approximate surface area is 82.3 Å². The number of hydrogen-bond donors (Lipinski definition) is 2. The first-order valence-corrected chi connectivity index (χ1v) is 4.05. The lowest BCUT2D eigenvalue weighted by Gasteiger charge is -1.99. The molecular weight excluding hydrogens is 200 g/mol. The molecule has 0 aliphatic rings. The molecule has 2 rings (SSSR count). The Morgan fingerprint density at radius 2 is 2.07 bits per heavy atom. The number of fused-ring (bicyclic) bond motifs is 1. The molecule has 2 aromatic rings. The number of primary amides is 1. The number of benzene rings is 1. The zero-order valence-corrected chi connectivity index (χ0v) is 7.44. The van der Waals surface area contributed by atoms with Crippen molar-refractivity contribution in [2.24, 2.45) is 5.73 Å². The Hall–Kier alpha value is -2.37. The van der Waals surface area contributed by atoms with Crippen LogP contribution in [0, 0.1) is 0 Å². The van der Waals surface area contributed by atoms with Crippen LogP contribution in [0.4, 0.5) is 0 Å². The molecule has 0 aliphatic heterocycles. The van der Waals surface area contributed by atoms with E-state index >= 15 is 0 Å². The first-order chi connectivity index (χ1) is 7.09. The molecule has 0 atom stereocenters. The van der Waals surface area contributed by atoms with Gasteiger partial charge < -0.3 is 10.2 Å². The van der Waals surface area contributed by atoms with Gasteiger partial charge in [0.15, 0.2) is 0 Å². The number of carbonyl (C=O) groups excluding carboxylic acids is 1. The van der Waals surface area contributed by atoms with Gasteiger partial charge in [-0.25, -0.2) is 9.59 Å². The Balaban J connectivity index is 3.04. The predicted molar refractivity (Wildman–Crippen MR) is 51.6 cm³/mol. The molecule has 6 nitrogen and oxygen atoms in total. The van der Waals surface area contributed by atoms with Crippen molar-refractivity contribution in [3.63, 3.8) is 0 Å². The maximum Gasteiger partial charge on any atom is 0.419 e. The fraction of sp³-hybridized carbons (Fsp3) is 0. The van der Waals surface area contributed by atoms with Gasteiger partial charge >= 0.3 is 11.4 Å². The Morgan fingerprint density at radius 3 is 2.73 bits per heavy atom. The summed E-state index contributed by atoms with van der Waals surface area (Å²) < 4.78 is 4.31. The minimum absolute atomic E-state index is 0.0810. The number of rotatable bonds is 1. The molecule has 15 heavy (non-hydrogen) atoms. The van der Waals surface area contributed by atoms with Crippen LogP contribution in [0.3, 0.4) is 0 Å². The monoisotopic (exact) mass is 206 g/mol. The molecule has 0 unspecified atom stereocenters. The number of nitrogens with two attached hydrogens (primary N) is 1. The topological polar surface area (TPSA) is 106 Å². The second kappa shape index (κ2) is 3.09. The summed E-state index contributed by atoms with van der Waals surface area (Å²) in [5, 5.41) is 0.117. The van der Waals surface area contributed by atoms with Crippen LogP contribution in [-0.2, 0) is 0 Å². The Morgan fingerprint density at radius 1 is 1.33 bits per heavy atom. The molecule has 0 spiro atoms. The summed E-state index contributed by atoms with van der Waals surface area (Å²) in [4.78, 5) is 35.4. The lowest BCUT2D eigenvalue weighted by Crippen LogP contribution is -2.19. The molecule has 1 aromatic carbocycles. The van der Waals surface area contributed by atoms with Crippen molar-refractivity contribution in [1.82, 2.24) is 4.98 Å². The number of aromatic amines is 1. The van der Waals surface area contributed by atoms with Crippen LogP contribution < -0.4 is 17.1 Å². The molecule has 0 fully saturated rings. The van der Waals surface area contributed by atoms with Crippen molar-refractivity contribution in [2.75, 3.05) is 0 Å². The van der Waals surface area contributed by atoms with Gasteiger partial charge in [0.05, 0.1) is 16.5 Å². The van der Waals surface area contributed by atoms with Crippen LogP contribution in [0.5, 0.6) is 0 Å². The standard InChI is InChI=1S/C9H6N2O4/c10-7(12)4-2-1-3-5-6(4)11-9(14)15-8(5)13/h1-3H,(H2,10,12)(H,11,14). The van der Waals surface area contributed by atoms with Crippen molar-refractivity contribution in [3.8, 4) is 0 Å². The average Bonchev–Trinajstić information content (AvgIpc) is 2.16. The fourth-order valence-electron chi connectivity index (χ4n) is 1.33. The van der Waals surface area contributed by atoms with Gasteiger partial charge in [-0.2, -0.15) is 0 Å². The van der Waals surface area contributed by atoms with Crippen LogP contribution in [0.25, 0.3) is 10.9 Å². The second-order valence-electron chi connectivity index (χ2n) is 2.89. The van der Waals surface area contributed by atoms with Crippen molar-refractivity contribution in [1.29, 1.82) is 0 Å². The predicted octanol–water partition coefficient (Wildman–Crippen LogP) is -0.420. The van der Waals surface area contributed by atoms with Gasteiger partial charge in [-0.15, -0.1) is 0 Å². The number of para-hydroxylation sites is 1. The third-order valence-corrected chi connectivity index (χ3v) is 1.96. The largest absolute Gasteiger partial charge is 0.419 e. The van der Waals surface area contributed by atoms with Gasteiger partial charge in [-0.3, -0.25) is 9.78 Å². The van der Waals surface area contributed by atoms with Crippen molar-refractivity contribution in [3.05, 3.63) is 44.7 Å². The number of carbonyl (C=O) groups is 1. The van der Waals surface area contributed by atoms with Gasteiger partial charge in [0, 0.05) is 0 Å². The summed E-state index contributed by atoms with van der Waals surface area (Å²) in [6.45, 7) is 0. The molecule has 6 heteroatoms. The summed E-state index contributed by atoms with van der Waals surface area (Å²) in [6, 6.07) is 4.33. The van der Waals surface area contributed by atoms with Crippen LogP contribution in [0.2, 0.25) is 0 Å². The maximum atomic E-state index is 11.2. The number of nitrogens with one attached hydrogen (secondary N) is 1. The first-order valence-electron chi connectivity index (χ1n) is 4.05. The van der Waals surface area contributed by atoms with Gasteiger partial charge in [-0.05, 0) is 12.1 Å². The highest BCUT2D eigenvalue weighted by Gasteiger charge is 2.10. The maximum absolute atomic E-state index is 11.2. The summed E-state index contributed by atoms with van der Waals surface area (Å²) in [7, 11) is 0. The summed E-state index contributed by atoms with van der Waals surface area (Å²) in [5.74, 6) is -1.64. The zero-order valence-electron chi connectivity index (χ0n) is 7.44. The molecule has 0 saturated heterocycles. The minimum atomic E-state index is -0.916. The molecular formula is C9H6N2O4. The third kappa shape index (κ3) is 1.41. The normalized spacial score (nSPS) is 10.4. The lowest BCUT2D eigenvalue weighted by molar-refractivity contribution is 0.100. The minimum Gasteiger partial charge on any atom is -0.372 e. The third-order valence-electron chi connectivity index (χ3n) is 1.96. The van der Waals surface area contributed by atoms with Gasteiger partial charge in [0.25, 0.3) is 5.91 Å². The highest BCUT2D eigenvalue weighted by molar-refractivity contribution is 6.04. The molecule has 1 heterocycles. The molecule has 3 N–H and O–H groups in total. The van der Waals surface area contributed by atoms with Crippen molar-refractivity contribution >= 4 is 16.8 Å². The summed E-state index contributed by atoms with van der Waals surface area (Å²) in [5.41, 5.74) is 4.48. The molecule has 1 amide bonds. The number of amides is 1. The van der Waals surface area contributed by atoms with Crippen LogP contribution >= 0.6 is 0 Å². The van der Waals surface area contributed by atoms with E-state index in [1.165, 1.54) is 18.2 Å².